The molecule has 0 aromatic heterocycles. The fraction of sp³-hybridized carbons (Fsp3) is 0.889. The number of carbonyl (C=O) groups is 1. The van der Waals surface area contributed by atoms with E-state index in [2.05, 4.69) is 17.6 Å². The molecule has 0 spiro atoms. The van der Waals surface area contributed by atoms with Crippen LogP contribution in [0, 0.1) is 5.92 Å². The van der Waals surface area contributed by atoms with Crippen LogP contribution in [0.2, 0.25) is 0 Å². The molecule has 2 N–H and O–H groups in total. The maximum Gasteiger partial charge on any atom is 0.314 e. The maximum absolute atomic E-state index is 11.0. The Kier molecular flexibility index (Phi) is 3.38. The van der Waals surface area contributed by atoms with Gasteiger partial charge in [-0.05, 0) is 18.8 Å². The van der Waals surface area contributed by atoms with E-state index in [-0.39, 0.29) is 8.88 Å². The van der Waals surface area contributed by atoms with E-state index in [0.29, 0.717) is 6.04 Å². The van der Waals surface area contributed by atoms with Gasteiger partial charge in [0, 0.05) is 15.9 Å². The molecule has 1 aliphatic rings. The van der Waals surface area contributed by atoms with E-state index >= 15 is 0 Å². The van der Waals surface area contributed by atoms with E-state index in [1.807, 2.05) is 0 Å². The largest absolute Gasteiger partial charge is 0.341 e. The van der Waals surface area contributed by atoms with Gasteiger partial charge in [-0.3, -0.25) is 0 Å². The van der Waals surface area contributed by atoms with Gasteiger partial charge in [0.05, 0.1) is 0 Å². The average Bonchev–Trinajstić information content (AvgIpc) is 2.04. The monoisotopic (exact) mass is 174 g/mol. The van der Waals surface area contributed by atoms with Gasteiger partial charge < -0.3 is 10.6 Å². The summed E-state index contributed by atoms with van der Waals surface area (Å²) in [4.78, 5) is 11.0. The second-order valence-electron chi connectivity index (χ2n) is 3.69. The molecule has 2 amide bonds. The molecule has 1 saturated carbocycles. The molecule has 0 aromatic carbocycles. The van der Waals surface area contributed by atoms with E-state index in [1.54, 1.807) is 7.05 Å². The average molecular weight is 174 g/mol. The summed E-state index contributed by atoms with van der Waals surface area (Å²) in [6.45, 7) is 2.25. The Bertz CT molecular complexity index is 167. The molecule has 3 heteroatoms. The molecular weight excluding hydrogens is 152 g/mol. The smallest absolute Gasteiger partial charge is 0.314 e. The van der Waals surface area contributed by atoms with Crippen molar-refractivity contribution in [3.63, 3.8) is 0 Å². The summed E-state index contributed by atoms with van der Waals surface area (Å²) in [6, 6.07) is 0.350. The zero-order valence-electron chi connectivity index (χ0n) is 7.89. The summed E-state index contributed by atoms with van der Waals surface area (Å²) in [5.74, 6) is 0.765. The van der Waals surface area contributed by atoms with Gasteiger partial charge in [0.25, 0.3) is 0 Å². The first kappa shape index (κ1) is 9.36. The Morgan fingerprint density at radius 2 is 2.25 bits per heavy atom. The van der Waals surface area contributed by atoms with Crippen molar-refractivity contribution < 1.29 is 7.65 Å². The molecule has 1 rings (SSSR count). The van der Waals surface area contributed by atoms with Gasteiger partial charge in [0.2, 0.25) is 0 Å². The van der Waals surface area contributed by atoms with E-state index in [9.17, 15) is 4.79 Å². The van der Waals surface area contributed by atoms with Crippen LogP contribution in [0.3, 0.4) is 0 Å². The van der Waals surface area contributed by atoms with Gasteiger partial charge in [0.1, 0.15) is 0 Å². The van der Waals surface area contributed by atoms with Crippen molar-refractivity contribution in [2.45, 2.75) is 38.6 Å². The molecule has 0 aromatic rings. The second kappa shape index (κ2) is 4.33. The van der Waals surface area contributed by atoms with Crippen molar-refractivity contribution in [1.82, 2.24) is 10.6 Å². The van der Waals surface area contributed by atoms with Gasteiger partial charge in [0.15, 0.2) is 0 Å². The number of rotatable bonds is 1. The lowest BCUT2D eigenvalue weighted by atomic mass is 9.87. The summed E-state index contributed by atoms with van der Waals surface area (Å²) in [6.07, 6.45) is 4.83. The summed E-state index contributed by atoms with van der Waals surface area (Å²) < 4.78 is 0. The van der Waals surface area contributed by atoms with Crippen LogP contribution < -0.4 is 10.6 Å². The lowest BCUT2D eigenvalue weighted by Crippen LogP contribution is -2.42. The summed E-state index contributed by atoms with van der Waals surface area (Å²) in [7, 11) is 1.65. The minimum Gasteiger partial charge on any atom is -0.341 e. The fourth-order valence-corrected chi connectivity index (χ4v) is 1.82. The zero-order valence-corrected chi connectivity index (χ0v) is 7.89. The Balaban J connectivity index is 0. The fourth-order valence-electron chi connectivity index (χ4n) is 1.82. The number of carbonyl (C=O) groups excluding carboxylic acids is 1. The van der Waals surface area contributed by atoms with Crippen LogP contribution in [0.1, 0.15) is 35.5 Å². The quantitative estimate of drug-likeness (QED) is 0.627. The van der Waals surface area contributed by atoms with E-state index in [1.165, 1.54) is 12.8 Å². The number of amides is 2. The maximum atomic E-state index is 11.0. The van der Waals surface area contributed by atoms with Gasteiger partial charge in [-0.25, -0.2) is 4.79 Å². The van der Waals surface area contributed by atoms with Crippen molar-refractivity contribution in [1.29, 1.82) is 0 Å². The van der Waals surface area contributed by atoms with Gasteiger partial charge in [-0.2, -0.15) is 0 Å². The number of nitrogens with one attached hydrogen (secondary N) is 2. The summed E-state index contributed by atoms with van der Waals surface area (Å²) in [5, 5.41) is 5.53. The molecule has 2 atom stereocenters. The highest BCUT2D eigenvalue weighted by molar-refractivity contribution is 5.73. The van der Waals surface area contributed by atoms with Crippen LogP contribution in [0.4, 0.5) is 4.79 Å². The molecule has 0 unspecified atom stereocenters. The van der Waals surface area contributed by atoms with Crippen LogP contribution in [-0.2, 0) is 0 Å². The normalized spacial score (nSPS) is 29.5. The van der Waals surface area contributed by atoms with Crippen molar-refractivity contribution >= 4 is 6.03 Å². The molecule has 74 valence electrons. The van der Waals surface area contributed by atoms with E-state index in [4.69, 9.17) is 0 Å². The number of urea groups is 1. The molecular formula is C9H22N2O. The van der Waals surface area contributed by atoms with Gasteiger partial charge in [-0.1, -0.05) is 19.8 Å². The van der Waals surface area contributed by atoms with E-state index in [0.717, 1.165) is 18.8 Å². The van der Waals surface area contributed by atoms with Crippen LogP contribution in [0.25, 0.3) is 0 Å². The third kappa shape index (κ3) is 2.72. The predicted molar refractivity (Wildman–Crippen MR) is 53.2 cm³/mol. The lowest BCUT2D eigenvalue weighted by Gasteiger charge is -2.27. The first-order valence-corrected chi connectivity index (χ1v) is 4.70. The second-order valence-corrected chi connectivity index (χ2v) is 3.69. The Hall–Kier alpha value is -0.730. The lowest BCUT2D eigenvalue weighted by molar-refractivity contribution is 0.229. The van der Waals surface area contributed by atoms with Crippen LogP contribution in [0.5, 0.6) is 0 Å². The highest BCUT2D eigenvalue weighted by Crippen LogP contribution is 2.23. The summed E-state index contributed by atoms with van der Waals surface area (Å²) in [5.41, 5.74) is 0. The first-order chi connectivity index (χ1) is 5.72. The molecule has 1 fully saturated rings. The number of hydrogen-bond donors (Lipinski definition) is 2. The third-order valence-electron chi connectivity index (χ3n) is 2.50. The van der Waals surface area contributed by atoms with Gasteiger partial charge >= 0.3 is 6.03 Å². The first-order valence-electron chi connectivity index (χ1n) is 4.70. The van der Waals surface area contributed by atoms with E-state index < -0.39 is 0 Å². The molecule has 3 nitrogen and oxygen atoms in total. The molecule has 0 heterocycles. The predicted octanol–water partition coefficient (Wildman–Crippen LogP) is 1.99. The highest BCUT2D eigenvalue weighted by Gasteiger charge is 2.19. The molecule has 0 radical (unpaired) electrons. The number of hydrogen-bond acceptors (Lipinski definition) is 1. The topological polar surface area (TPSA) is 41.1 Å². The standard InChI is InChI=1S/C9H18N2O.2H2/c1-7-4-3-5-8(6-7)11-9(12)10-2;;/h7-8H,3-6H2,1-2H3,(H2,10,11,12);2*1H/t7-,8-;;/m1../s1. The van der Waals surface area contributed by atoms with Crippen molar-refractivity contribution in [3.05, 3.63) is 0 Å². The van der Waals surface area contributed by atoms with Crippen molar-refractivity contribution in [2.24, 2.45) is 5.92 Å². The van der Waals surface area contributed by atoms with Crippen LogP contribution >= 0.6 is 0 Å². The Morgan fingerprint density at radius 1 is 1.50 bits per heavy atom. The van der Waals surface area contributed by atoms with Gasteiger partial charge in [-0.15, -0.1) is 0 Å². The van der Waals surface area contributed by atoms with Crippen LogP contribution in [0.15, 0.2) is 0 Å². The highest BCUT2D eigenvalue weighted by atomic mass is 16.2. The Labute approximate surface area is 76.9 Å². The molecule has 0 bridgehead atoms. The SMILES string of the molecule is CNC(=O)N[C@@H]1CCC[C@@H](C)C1.[HH].[HH]. The third-order valence-corrected chi connectivity index (χ3v) is 2.50. The minimum atomic E-state index is -0.0471. The minimum absolute atomic E-state index is 0. The molecule has 12 heavy (non-hydrogen) atoms. The molecule has 0 aliphatic heterocycles. The summed E-state index contributed by atoms with van der Waals surface area (Å²) >= 11 is 0. The molecule has 1 aliphatic carbocycles. The van der Waals surface area contributed by atoms with Crippen molar-refractivity contribution in [2.75, 3.05) is 7.05 Å². The van der Waals surface area contributed by atoms with Crippen molar-refractivity contribution in [3.8, 4) is 0 Å². The zero-order chi connectivity index (χ0) is 8.97. The Morgan fingerprint density at radius 3 is 2.83 bits per heavy atom. The van der Waals surface area contributed by atoms with Crippen LogP contribution in [-0.4, -0.2) is 19.1 Å². The molecule has 0 saturated heterocycles.